The maximum absolute atomic E-state index is 12.5. The molecule has 2 N–H and O–H groups in total. The van der Waals surface area contributed by atoms with Crippen molar-refractivity contribution in [2.24, 2.45) is 5.92 Å². The highest BCUT2D eigenvalue weighted by Gasteiger charge is 2.24. The van der Waals surface area contributed by atoms with Crippen LogP contribution in [0.1, 0.15) is 66.8 Å². The van der Waals surface area contributed by atoms with E-state index in [4.69, 9.17) is 4.74 Å². The van der Waals surface area contributed by atoms with Gasteiger partial charge in [0.1, 0.15) is 0 Å². The van der Waals surface area contributed by atoms with Crippen molar-refractivity contribution < 1.29 is 14.3 Å². The quantitative estimate of drug-likeness (QED) is 0.751. The van der Waals surface area contributed by atoms with Gasteiger partial charge in [0, 0.05) is 18.0 Å². The predicted octanol–water partition coefficient (Wildman–Crippen LogP) is 3.43. The number of halogens is 1. The van der Waals surface area contributed by atoms with Crippen molar-refractivity contribution in [2.75, 3.05) is 20.2 Å². The van der Waals surface area contributed by atoms with Crippen LogP contribution in [-0.2, 0) is 9.53 Å². The number of hydrogen-bond acceptors (Lipinski definition) is 4. The van der Waals surface area contributed by atoms with E-state index in [2.05, 4.69) is 22.8 Å². The fourth-order valence-corrected chi connectivity index (χ4v) is 4.16. The third-order valence-corrected chi connectivity index (χ3v) is 5.85. The van der Waals surface area contributed by atoms with E-state index in [1.54, 1.807) is 0 Å². The van der Waals surface area contributed by atoms with Crippen molar-refractivity contribution in [3.05, 3.63) is 35.4 Å². The lowest BCUT2D eigenvalue weighted by atomic mass is 9.84. The highest BCUT2D eigenvalue weighted by Crippen LogP contribution is 2.28. The maximum Gasteiger partial charge on any atom is 0.305 e. The van der Waals surface area contributed by atoms with E-state index in [1.807, 2.05) is 12.1 Å². The van der Waals surface area contributed by atoms with Crippen LogP contribution >= 0.6 is 12.4 Å². The molecule has 0 aromatic heterocycles. The highest BCUT2D eigenvalue weighted by molar-refractivity contribution is 5.94. The summed E-state index contributed by atoms with van der Waals surface area (Å²) >= 11 is 0. The minimum Gasteiger partial charge on any atom is -0.469 e. The molecule has 1 aromatic rings. The van der Waals surface area contributed by atoms with E-state index in [0.29, 0.717) is 18.3 Å². The zero-order valence-corrected chi connectivity index (χ0v) is 16.9. The molecule has 1 heterocycles. The molecule has 5 nitrogen and oxygen atoms in total. The maximum atomic E-state index is 12.5. The van der Waals surface area contributed by atoms with Crippen molar-refractivity contribution in [3.8, 4) is 0 Å². The van der Waals surface area contributed by atoms with Gasteiger partial charge in [-0.15, -0.1) is 12.4 Å². The number of hydrogen-bond donors (Lipinski definition) is 2. The Bertz CT molecular complexity index is 606. The molecule has 2 aliphatic rings. The third-order valence-electron chi connectivity index (χ3n) is 5.85. The van der Waals surface area contributed by atoms with Crippen LogP contribution in [0.25, 0.3) is 0 Å². The molecule has 1 aliphatic heterocycles. The molecule has 1 aliphatic carbocycles. The Morgan fingerprint density at radius 2 is 1.67 bits per heavy atom. The molecule has 0 radical (unpaired) electrons. The number of carbonyl (C=O) groups excluding carboxylic acids is 2. The van der Waals surface area contributed by atoms with Crippen LogP contribution in [-0.4, -0.2) is 38.1 Å². The topological polar surface area (TPSA) is 67.4 Å². The molecule has 1 aromatic carbocycles. The van der Waals surface area contributed by atoms with Gasteiger partial charge in [-0.1, -0.05) is 12.1 Å². The predicted molar refractivity (Wildman–Crippen MR) is 108 cm³/mol. The second-order valence-corrected chi connectivity index (χ2v) is 7.62. The average molecular weight is 395 g/mol. The number of rotatable bonds is 5. The SMILES string of the molecule is COC(=O)C[C@H]1CC[C@H](NC(=O)c2ccc(C3CCNCC3)cc2)CC1.Cl. The number of methoxy groups -OCH3 is 1. The zero-order valence-electron chi connectivity index (χ0n) is 16.0. The average Bonchev–Trinajstić information content (AvgIpc) is 2.70. The molecule has 150 valence electrons. The summed E-state index contributed by atoms with van der Waals surface area (Å²) in [6.07, 6.45) is 6.63. The number of ether oxygens (including phenoxy) is 1. The van der Waals surface area contributed by atoms with Crippen molar-refractivity contribution in [2.45, 2.75) is 56.9 Å². The summed E-state index contributed by atoms with van der Waals surface area (Å²) in [6, 6.07) is 8.34. The van der Waals surface area contributed by atoms with Crippen LogP contribution < -0.4 is 10.6 Å². The Balaban J connectivity index is 0.00000261. The van der Waals surface area contributed by atoms with E-state index in [-0.39, 0.29) is 30.3 Å². The minimum atomic E-state index is -0.133. The lowest BCUT2D eigenvalue weighted by Gasteiger charge is -2.28. The smallest absolute Gasteiger partial charge is 0.305 e. The molecule has 1 saturated heterocycles. The zero-order chi connectivity index (χ0) is 18.4. The monoisotopic (exact) mass is 394 g/mol. The van der Waals surface area contributed by atoms with Crippen LogP contribution in [0.4, 0.5) is 0 Å². The second kappa shape index (κ2) is 10.7. The molecule has 1 amide bonds. The van der Waals surface area contributed by atoms with E-state index >= 15 is 0 Å². The lowest BCUT2D eigenvalue weighted by Crippen LogP contribution is -2.38. The Labute approximate surface area is 168 Å². The number of carbonyl (C=O) groups is 2. The van der Waals surface area contributed by atoms with Gasteiger partial charge in [-0.3, -0.25) is 9.59 Å². The normalized spacial score (nSPS) is 23.1. The van der Waals surface area contributed by atoms with E-state index in [1.165, 1.54) is 25.5 Å². The molecule has 3 rings (SSSR count). The molecular formula is C21H31ClN2O3. The van der Waals surface area contributed by atoms with Crippen LogP contribution in [0.5, 0.6) is 0 Å². The first-order chi connectivity index (χ1) is 12.7. The molecule has 0 atom stereocenters. The van der Waals surface area contributed by atoms with Gasteiger partial charge < -0.3 is 15.4 Å². The van der Waals surface area contributed by atoms with Crippen molar-refractivity contribution >= 4 is 24.3 Å². The summed E-state index contributed by atoms with van der Waals surface area (Å²) < 4.78 is 4.74. The number of esters is 1. The summed E-state index contributed by atoms with van der Waals surface area (Å²) in [5, 5.41) is 6.54. The van der Waals surface area contributed by atoms with Gasteiger partial charge in [0.2, 0.25) is 0 Å². The number of piperidine rings is 1. The first-order valence-corrected chi connectivity index (χ1v) is 9.84. The Morgan fingerprint density at radius 1 is 1.04 bits per heavy atom. The van der Waals surface area contributed by atoms with Crippen LogP contribution in [0, 0.1) is 5.92 Å². The summed E-state index contributed by atoms with van der Waals surface area (Å²) in [4.78, 5) is 23.9. The number of benzene rings is 1. The first-order valence-electron chi connectivity index (χ1n) is 9.84. The van der Waals surface area contributed by atoms with Crippen LogP contribution in [0.15, 0.2) is 24.3 Å². The molecular weight excluding hydrogens is 364 g/mol. The first kappa shape index (κ1) is 21.7. The van der Waals surface area contributed by atoms with E-state index in [0.717, 1.165) is 44.3 Å². The molecule has 0 unspecified atom stereocenters. The number of amides is 1. The molecule has 27 heavy (non-hydrogen) atoms. The lowest BCUT2D eigenvalue weighted by molar-refractivity contribution is -0.142. The largest absolute Gasteiger partial charge is 0.469 e. The van der Waals surface area contributed by atoms with Gasteiger partial charge in [0.25, 0.3) is 5.91 Å². The summed E-state index contributed by atoms with van der Waals surface area (Å²) in [5.41, 5.74) is 2.07. The van der Waals surface area contributed by atoms with Gasteiger partial charge in [0.15, 0.2) is 0 Å². The van der Waals surface area contributed by atoms with Gasteiger partial charge >= 0.3 is 5.97 Å². The third kappa shape index (κ3) is 6.22. The van der Waals surface area contributed by atoms with Crippen LogP contribution in [0.2, 0.25) is 0 Å². The standard InChI is InChI=1S/C21H30N2O3.ClH/c1-26-20(24)14-15-2-8-19(9-3-15)23-21(25)18-6-4-16(5-7-18)17-10-12-22-13-11-17;/h4-7,15,17,19,22H,2-3,8-14H2,1H3,(H,23,25);1H/t15-,19-;. The summed E-state index contributed by atoms with van der Waals surface area (Å²) in [6.45, 7) is 2.15. The van der Waals surface area contributed by atoms with Crippen LogP contribution in [0.3, 0.4) is 0 Å². The van der Waals surface area contributed by atoms with Gasteiger partial charge in [-0.05, 0) is 81.1 Å². The fourth-order valence-electron chi connectivity index (χ4n) is 4.16. The fraction of sp³-hybridized carbons (Fsp3) is 0.619. The second-order valence-electron chi connectivity index (χ2n) is 7.62. The Hall–Kier alpha value is -1.59. The molecule has 1 saturated carbocycles. The van der Waals surface area contributed by atoms with E-state index < -0.39 is 0 Å². The Morgan fingerprint density at radius 3 is 2.26 bits per heavy atom. The molecule has 0 bridgehead atoms. The van der Waals surface area contributed by atoms with Crippen molar-refractivity contribution in [3.63, 3.8) is 0 Å². The molecule has 0 spiro atoms. The molecule has 2 fully saturated rings. The van der Waals surface area contributed by atoms with Crippen molar-refractivity contribution in [1.29, 1.82) is 0 Å². The Kier molecular flexibility index (Phi) is 8.58. The van der Waals surface area contributed by atoms with Gasteiger partial charge in [-0.2, -0.15) is 0 Å². The van der Waals surface area contributed by atoms with Crippen molar-refractivity contribution in [1.82, 2.24) is 10.6 Å². The number of nitrogens with one attached hydrogen (secondary N) is 2. The highest BCUT2D eigenvalue weighted by atomic mass is 35.5. The minimum absolute atomic E-state index is 0. The summed E-state index contributed by atoms with van der Waals surface area (Å²) in [5.74, 6) is 0.878. The summed E-state index contributed by atoms with van der Waals surface area (Å²) in [7, 11) is 1.44. The van der Waals surface area contributed by atoms with E-state index in [9.17, 15) is 9.59 Å². The van der Waals surface area contributed by atoms with Gasteiger partial charge in [-0.25, -0.2) is 0 Å². The van der Waals surface area contributed by atoms with Gasteiger partial charge in [0.05, 0.1) is 7.11 Å². The molecule has 6 heteroatoms.